The minimum atomic E-state index is -3.95. The molecule has 118 valence electrons. The Labute approximate surface area is 137 Å². The second-order valence-corrected chi connectivity index (χ2v) is 8.34. The molecular weight excluding hydrogens is 363 g/mol. The maximum Gasteiger partial charge on any atom is 0.412 e. The summed E-state index contributed by atoms with van der Waals surface area (Å²) in [6.45, 7) is 0. The van der Waals surface area contributed by atoms with E-state index in [-0.39, 0.29) is 0 Å². The van der Waals surface area contributed by atoms with E-state index < -0.39 is 23.3 Å². The summed E-state index contributed by atoms with van der Waals surface area (Å²) in [6.07, 6.45) is -0.966. The number of alkyl halides is 3. The molecule has 0 aromatic heterocycles. The highest BCUT2D eigenvalue weighted by Crippen LogP contribution is 2.59. The predicted molar refractivity (Wildman–Crippen MR) is 82.2 cm³/mol. The molecule has 0 saturated heterocycles. The summed E-state index contributed by atoms with van der Waals surface area (Å²) in [7, 11) is -1.77. The van der Waals surface area contributed by atoms with Crippen molar-refractivity contribution in [3.05, 3.63) is 30.3 Å². The number of amides is 1. The van der Waals surface area contributed by atoms with Crippen LogP contribution in [0.2, 0.25) is 0 Å². The lowest BCUT2D eigenvalue weighted by Crippen LogP contribution is -2.34. The molecule has 0 heterocycles. The van der Waals surface area contributed by atoms with Crippen LogP contribution in [0.3, 0.4) is 0 Å². The smallest absolute Gasteiger partial charge is 0.412 e. The number of carbonyl (C=O) groups is 1. The van der Waals surface area contributed by atoms with Crippen LogP contribution in [0.5, 0.6) is 0 Å². The number of para-hydroxylation sites is 1. The lowest BCUT2D eigenvalue weighted by Gasteiger charge is -2.28. The standard InChI is InChI=1S/C11H13Cl3NO5P/c1-18-21(17,19-2)9(11(12,13)14)20-10(16)15-8-6-4-3-5-7-8/h3-7,9H,1-2H3,(H,15,16)/t9-/m1/s1. The van der Waals surface area contributed by atoms with Crippen molar-refractivity contribution < 1.29 is 23.1 Å². The molecule has 0 aliphatic heterocycles. The number of halogens is 3. The first-order chi connectivity index (χ1) is 9.73. The molecule has 10 heteroatoms. The quantitative estimate of drug-likeness (QED) is 0.608. The van der Waals surface area contributed by atoms with Gasteiger partial charge in [-0.15, -0.1) is 0 Å². The first-order valence-electron chi connectivity index (χ1n) is 5.53. The van der Waals surface area contributed by atoms with E-state index in [1.165, 1.54) is 0 Å². The van der Waals surface area contributed by atoms with Gasteiger partial charge in [-0.05, 0) is 12.1 Å². The number of hydrogen-bond donors (Lipinski definition) is 1. The summed E-state index contributed by atoms with van der Waals surface area (Å²) >= 11 is 17.0. The van der Waals surface area contributed by atoms with Gasteiger partial charge in [-0.3, -0.25) is 9.88 Å². The third-order valence-corrected chi connectivity index (χ3v) is 5.45. The van der Waals surface area contributed by atoms with Crippen LogP contribution in [0, 0.1) is 0 Å². The summed E-state index contributed by atoms with van der Waals surface area (Å²) in [4.78, 5) is 11.8. The van der Waals surface area contributed by atoms with Crippen molar-refractivity contribution in [2.45, 2.75) is 9.64 Å². The van der Waals surface area contributed by atoms with Crippen molar-refractivity contribution in [1.82, 2.24) is 0 Å². The van der Waals surface area contributed by atoms with Gasteiger partial charge in [-0.25, -0.2) is 4.79 Å². The normalized spacial score (nSPS) is 13.6. The van der Waals surface area contributed by atoms with Crippen molar-refractivity contribution in [2.75, 3.05) is 19.5 Å². The van der Waals surface area contributed by atoms with Crippen LogP contribution < -0.4 is 5.32 Å². The zero-order valence-electron chi connectivity index (χ0n) is 11.1. The van der Waals surface area contributed by atoms with Crippen molar-refractivity contribution >= 4 is 54.2 Å². The van der Waals surface area contributed by atoms with E-state index in [0.717, 1.165) is 14.2 Å². The molecule has 1 amide bonds. The second-order valence-electron chi connectivity index (χ2n) is 3.70. The fourth-order valence-electron chi connectivity index (χ4n) is 1.35. The molecule has 0 unspecified atom stereocenters. The fourth-order valence-corrected chi connectivity index (χ4v) is 3.67. The molecule has 1 atom stereocenters. The summed E-state index contributed by atoms with van der Waals surface area (Å²) in [5, 5.41) is 2.40. The summed E-state index contributed by atoms with van der Waals surface area (Å²) in [6, 6.07) is 8.43. The van der Waals surface area contributed by atoms with Crippen LogP contribution in [-0.2, 0) is 18.3 Å². The van der Waals surface area contributed by atoms with Gasteiger partial charge in [0.2, 0.25) is 3.79 Å². The molecule has 0 fully saturated rings. The van der Waals surface area contributed by atoms with Crippen molar-refractivity contribution in [3.63, 3.8) is 0 Å². The molecule has 1 rings (SSSR count). The van der Waals surface area contributed by atoms with Gasteiger partial charge < -0.3 is 13.8 Å². The molecule has 0 radical (unpaired) electrons. The number of nitrogens with one attached hydrogen (secondary N) is 1. The first-order valence-corrected chi connectivity index (χ1v) is 8.28. The van der Waals surface area contributed by atoms with Gasteiger partial charge in [-0.2, -0.15) is 0 Å². The maximum absolute atomic E-state index is 12.3. The van der Waals surface area contributed by atoms with E-state index in [0.29, 0.717) is 5.69 Å². The Hall–Kier alpha value is -0.490. The van der Waals surface area contributed by atoms with Gasteiger partial charge in [0.1, 0.15) is 0 Å². The average Bonchev–Trinajstić information content (AvgIpc) is 2.44. The largest absolute Gasteiger partial charge is 0.428 e. The molecule has 0 saturated carbocycles. The number of carbonyl (C=O) groups excluding carboxylic acids is 1. The van der Waals surface area contributed by atoms with Crippen molar-refractivity contribution in [1.29, 1.82) is 0 Å². The molecule has 6 nitrogen and oxygen atoms in total. The van der Waals surface area contributed by atoms with Gasteiger partial charge in [0.25, 0.3) is 5.85 Å². The van der Waals surface area contributed by atoms with E-state index in [1.54, 1.807) is 30.3 Å². The van der Waals surface area contributed by atoms with Crippen molar-refractivity contribution in [3.8, 4) is 0 Å². The van der Waals surface area contributed by atoms with E-state index in [1.807, 2.05) is 0 Å². The minimum absolute atomic E-state index is 0.454. The number of anilines is 1. The SMILES string of the molecule is COP(=O)(OC)[C@@H](OC(=O)Nc1ccccc1)C(Cl)(Cl)Cl. The Morgan fingerprint density at radius 1 is 1.19 bits per heavy atom. The van der Waals surface area contributed by atoms with Gasteiger partial charge in [0, 0.05) is 19.9 Å². The van der Waals surface area contributed by atoms with Gasteiger partial charge >= 0.3 is 13.7 Å². The van der Waals surface area contributed by atoms with Crippen LogP contribution in [0.4, 0.5) is 10.5 Å². The van der Waals surface area contributed by atoms with E-state index in [2.05, 4.69) is 5.32 Å². The molecule has 1 aromatic carbocycles. The van der Waals surface area contributed by atoms with Crippen LogP contribution in [-0.4, -0.2) is 30.0 Å². The van der Waals surface area contributed by atoms with Crippen LogP contribution in [0.1, 0.15) is 0 Å². The molecular formula is C11H13Cl3NO5P. The predicted octanol–water partition coefficient (Wildman–Crippen LogP) is 4.42. The summed E-state index contributed by atoms with van der Waals surface area (Å²) in [5.74, 6) is -1.73. The molecule has 1 N–H and O–H groups in total. The Morgan fingerprint density at radius 3 is 2.14 bits per heavy atom. The minimum Gasteiger partial charge on any atom is -0.428 e. The molecule has 1 aromatic rings. The van der Waals surface area contributed by atoms with E-state index in [9.17, 15) is 9.36 Å². The van der Waals surface area contributed by atoms with E-state index >= 15 is 0 Å². The van der Waals surface area contributed by atoms with E-state index in [4.69, 9.17) is 48.6 Å². The van der Waals surface area contributed by atoms with Crippen LogP contribution in [0.25, 0.3) is 0 Å². The number of ether oxygens (including phenoxy) is 1. The zero-order chi connectivity index (χ0) is 16.1. The maximum atomic E-state index is 12.3. The Kier molecular flexibility index (Phi) is 6.78. The summed E-state index contributed by atoms with van der Waals surface area (Å²) in [5.41, 5.74) is 0.454. The van der Waals surface area contributed by atoms with Gasteiger partial charge in [0.05, 0.1) is 0 Å². The third kappa shape index (κ3) is 5.33. The molecule has 0 aliphatic carbocycles. The van der Waals surface area contributed by atoms with Crippen LogP contribution in [0.15, 0.2) is 30.3 Å². The highest BCUT2D eigenvalue weighted by Gasteiger charge is 2.51. The number of hydrogen-bond acceptors (Lipinski definition) is 5. The lowest BCUT2D eigenvalue weighted by atomic mass is 10.3. The van der Waals surface area contributed by atoms with Gasteiger partial charge in [-0.1, -0.05) is 53.0 Å². The topological polar surface area (TPSA) is 73.9 Å². The number of benzene rings is 1. The zero-order valence-corrected chi connectivity index (χ0v) is 14.2. The molecule has 0 aliphatic rings. The highest BCUT2D eigenvalue weighted by molar-refractivity contribution is 7.55. The molecule has 0 spiro atoms. The highest BCUT2D eigenvalue weighted by atomic mass is 35.6. The molecule has 21 heavy (non-hydrogen) atoms. The first kappa shape index (κ1) is 18.6. The fraction of sp³-hybridized carbons (Fsp3) is 0.364. The molecule has 0 bridgehead atoms. The van der Waals surface area contributed by atoms with Gasteiger partial charge in [0.15, 0.2) is 0 Å². The third-order valence-electron chi connectivity index (χ3n) is 2.32. The van der Waals surface area contributed by atoms with Crippen molar-refractivity contribution in [2.24, 2.45) is 0 Å². The second kappa shape index (κ2) is 7.68. The monoisotopic (exact) mass is 375 g/mol. The Bertz CT molecular complexity index is 514. The summed E-state index contributed by atoms with van der Waals surface area (Å²) < 4.78 is 24.4. The lowest BCUT2D eigenvalue weighted by molar-refractivity contribution is 0.124. The Balaban J connectivity index is 2.88. The average molecular weight is 377 g/mol. The Morgan fingerprint density at radius 2 is 1.71 bits per heavy atom. The number of rotatable bonds is 5. The van der Waals surface area contributed by atoms with Crippen LogP contribution >= 0.6 is 42.4 Å².